The highest BCUT2D eigenvalue weighted by Gasteiger charge is 2.08. The molecule has 0 aliphatic rings. The predicted octanol–water partition coefficient (Wildman–Crippen LogP) is 3.50. The third kappa shape index (κ3) is 3.37. The van der Waals surface area contributed by atoms with Crippen LogP contribution in [0.5, 0.6) is 0 Å². The molecular formula is C16H14ClN3OS. The number of nitrogens with two attached hydrogens (primary N) is 1. The number of benzene rings is 2. The number of nitrogens with zero attached hydrogens (tertiary/aromatic N) is 1. The number of rotatable bonds is 4. The van der Waals surface area contributed by atoms with Gasteiger partial charge in [0, 0.05) is 17.1 Å². The lowest BCUT2D eigenvalue weighted by Gasteiger charge is -2.05. The highest BCUT2D eigenvalue weighted by molar-refractivity contribution is 7.22. The third-order valence-electron chi connectivity index (χ3n) is 3.28. The normalized spacial score (nSPS) is 10.8. The number of hydrogen-bond donors (Lipinski definition) is 2. The summed E-state index contributed by atoms with van der Waals surface area (Å²) in [6.07, 6.45) is 0.763. The van der Waals surface area contributed by atoms with Gasteiger partial charge in [0.2, 0.25) is 0 Å². The van der Waals surface area contributed by atoms with Crippen LogP contribution in [0.1, 0.15) is 15.9 Å². The van der Waals surface area contributed by atoms with Crippen LogP contribution in [-0.4, -0.2) is 17.4 Å². The average molecular weight is 332 g/mol. The second-order valence-corrected chi connectivity index (χ2v) is 6.37. The Bertz CT molecular complexity index is 814. The topological polar surface area (TPSA) is 68.0 Å². The number of thiazole rings is 1. The number of fused-ring (bicyclic) bond motifs is 1. The predicted molar refractivity (Wildman–Crippen MR) is 91.5 cm³/mol. The van der Waals surface area contributed by atoms with Crippen LogP contribution >= 0.6 is 22.9 Å². The van der Waals surface area contributed by atoms with Crippen LogP contribution < -0.4 is 11.1 Å². The number of amides is 1. The van der Waals surface area contributed by atoms with Gasteiger partial charge in [0.1, 0.15) is 0 Å². The maximum Gasteiger partial charge on any atom is 0.251 e. The van der Waals surface area contributed by atoms with Crippen LogP contribution in [0.3, 0.4) is 0 Å². The standard InChI is InChI=1S/C16H14ClN3OS/c17-12-4-1-10(2-5-12)7-8-19-15(21)11-3-6-13-14(9-11)22-16(18)20-13/h1-6,9H,7-8H2,(H2,18,20)(H,19,21). The lowest BCUT2D eigenvalue weighted by molar-refractivity contribution is 0.0954. The van der Waals surface area contributed by atoms with E-state index in [9.17, 15) is 4.79 Å². The van der Waals surface area contributed by atoms with Gasteiger partial charge in [-0.3, -0.25) is 4.79 Å². The molecule has 112 valence electrons. The molecule has 0 atom stereocenters. The molecule has 0 fully saturated rings. The van der Waals surface area contributed by atoms with Crippen LogP contribution in [0.15, 0.2) is 42.5 Å². The maximum atomic E-state index is 12.2. The molecular weight excluding hydrogens is 318 g/mol. The molecule has 0 saturated heterocycles. The number of carbonyl (C=O) groups excluding carboxylic acids is 1. The van der Waals surface area contributed by atoms with Crippen molar-refractivity contribution in [3.05, 3.63) is 58.6 Å². The first-order valence-electron chi connectivity index (χ1n) is 6.80. The molecule has 0 unspecified atom stereocenters. The Labute approximate surface area is 136 Å². The second kappa shape index (κ2) is 6.34. The van der Waals surface area contributed by atoms with Gasteiger partial charge in [0.15, 0.2) is 5.13 Å². The fourth-order valence-corrected chi connectivity index (χ4v) is 3.06. The minimum absolute atomic E-state index is 0.0946. The van der Waals surface area contributed by atoms with Gasteiger partial charge in [-0.25, -0.2) is 4.98 Å². The first-order valence-corrected chi connectivity index (χ1v) is 8.00. The number of halogens is 1. The van der Waals surface area contributed by atoms with Gasteiger partial charge in [-0.15, -0.1) is 0 Å². The van der Waals surface area contributed by atoms with Crippen molar-refractivity contribution in [2.45, 2.75) is 6.42 Å². The van der Waals surface area contributed by atoms with E-state index < -0.39 is 0 Å². The fourth-order valence-electron chi connectivity index (χ4n) is 2.16. The summed E-state index contributed by atoms with van der Waals surface area (Å²) in [5.74, 6) is -0.0946. The monoisotopic (exact) mass is 331 g/mol. The van der Waals surface area contributed by atoms with E-state index in [1.165, 1.54) is 11.3 Å². The molecule has 6 heteroatoms. The number of carbonyl (C=O) groups is 1. The molecule has 2 aromatic carbocycles. The fraction of sp³-hybridized carbons (Fsp3) is 0.125. The van der Waals surface area contributed by atoms with E-state index in [2.05, 4.69) is 10.3 Å². The molecule has 0 bridgehead atoms. The van der Waals surface area contributed by atoms with E-state index in [-0.39, 0.29) is 5.91 Å². The Morgan fingerprint density at radius 1 is 1.23 bits per heavy atom. The van der Waals surface area contributed by atoms with Crippen molar-refractivity contribution in [1.29, 1.82) is 0 Å². The first-order chi connectivity index (χ1) is 10.6. The van der Waals surface area contributed by atoms with Crippen LogP contribution in [-0.2, 0) is 6.42 Å². The van der Waals surface area contributed by atoms with E-state index in [0.29, 0.717) is 22.3 Å². The van der Waals surface area contributed by atoms with E-state index in [1.807, 2.05) is 36.4 Å². The van der Waals surface area contributed by atoms with E-state index >= 15 is 0 Å². The summed E-state index contributed by atoms with van der Waals surface area (Å²) in [5, 5.41) is 4.14. The molecule has 1 heterocycles. The van der Waals surface area contributed by atoms with Crippen molar-refractivity contribution in [3.8, 4) is 0 Å². The lowest BCUT2D eigenvalue weighted by Crippen LogP contribution is -2.25. The molecule has 4 nitrogen and oxygen atoms in total. The highest BCUT2D eigenvalue weighted by atomic mass is 35.5. The molecule has 0 radical (unpaired) electrons. The zero-order chi connectivity index (χ0) is 15.5. The molecule has 3 rings (SSSR count). The van der Waals surface area contributed by atoms with Gasteiger partial charge in [-0.05, 0) is 42.3 Å². The molecule has 22 heavy (non-hydrogen) atoms. The van der Waals surface area contributed by atoms with Crippen LogP contribution in [0.2, 0.25) is 5.02 Å². The van der Waals surface area contributed by atoms with Crippen molar-refractivity contribution in [2.24, 2.45) is 0 Å². The Morgan fingerprint density at radius 2 is 2.00 bits per heavy atom. The molecule has 0 aliphatic carbocycles. The second-order valence-electron chi connectivity index (χ2n) is 4.87. The number of nitrogens with one attached hydrogen (secondary N) is 1. The number of nitrogen functional groups attached to an aromatic ring is 1. The van der Waals surface area contributed by atoms with E-state index in [4.69, 9.17) is 17.3 Å². The largest absolute Gasteiger partial charge is 0.375 e. The summed E-state index contributed by atoms with van der Waals surface area (Å²) in [7, 11) is 0. The van der Waals surface area contributed by atoms with Gasteiger partial charge < -0.3 is 11.1 Å². The summed E-state index contributed by atoms with van der Waals surface area (Å²) in [5.41, 5.74) is 8.24. The lowest BCUT2D eigenvalue weighted by atomic mass is 10.1. The van der Waals surface area contributed by atoms with Gasteiger partial charge in [-0.2, -0.15) is 0 Å². The molecule has 3 aromatic rings. The quantitative estimate of drug-likeness (QED) is 0.768. The van der Waals surface area contributed by atoms with Gasteiger partial charge in [0.25, 0.3) is 5.91 Å². The van der Waals surface area contributed by atoms with Crippen molar-refractivity contribution in [1.82, 2.24) is 10.3 Å². The zero-order valence-corrected chi connectivity index (χ0v) is 13.2. The van der Waals surface area contributed by atoms with Gasteiger partial charge >= 0.3 is 0 Å². The summed E-state index contributed by atoms with van der Waals surface area (Å²) in [6, 6.07) is 13.0. The minimum atomic E-state index is -0.0946. The molecule has 3 N–H and O–H groups in total. The summed E-state index contributed by atoms with van der Waals surface area (Å²) in [6.45, 7) is 0.573. The third-order valence-corrected chi connectivity index (χ3v) is 4.38. The molecule has 1 aromatic heterocycles. The maximum absolute atomic E-state index is 12.2. The van der Waals surface area contributed by atoms with Crippen LogP contribution in [0.4, 0.5) is 5.13 Å². The summed E-state index contributed by atoms with van der Waals surface area (Å²) in [4.78, 5) is 16.3. The Balaban J connectivity index is 1.61. The van der Waals surface area contributed by atoms with Crippen molar-refractivity contribution < 1.29 is 4.79 Å². The summed E-state index contributed by atoms with van der Waals surface area (Å²) >= 11 is 7.22. The minimum Gasteiger partial charge on any atom is -0.375 e. The van der Waals surface area contributed by atoms with Crippen LogP contribution in [0, 0.1) is 0 Å². The van der Waals surface area contributed by atoms with Crippen molar-refractivity contribution in [2.75, 3.05) is 12.3 Å². The number of aromatic nitrogens is 1. The van der Waals surface area contributed by atoms with Gasteiger partial charge in [-0.1, -0.05) is 35.1 Å². The number of anilines is 1. The van der Waals surface area contributed by atoms with Gasteiger partial charge in [0.05, 0.1) is 10.2 Å². The molecule has 0 spiro atoms. The van der Waals surface area contributed by atoms with Crippen molar-refractivity contribution >= 4 is 44.2 Å². The van der Waals surface area contributed by atoms with E-state index in [0.717, 1.165) is 22.2 Å². The highest BCUT2D eigenvalue weighted by Crippen LogP contribution is 2.24. The molecule has 1 amide bonds. The SMILES string of the molecule is Nc1nc2ccc(C(=O)NCCc3ccc(Cl)cc3)cc2s1. The Morgan fingerprint density at radius 3 is 2.77 bits per heavy atom. The van der Waals surface area contributed by atoms with E-state index in [1.54, 1.807) is 6.07 Å². The van der Waals surface area contributed by atoms with Crippen molar-refractivity contribution in [3.63, 3.8) is 0 Å². The molecule has 0 saturated carbocycles. The Hall–Kier alpha value is -2.11. The van der Waals surface area contributed by atoms with Crippen LogP contribution in [0.25, 0.3) is 10.2 Å². The Kier molecular flexibility index (Phi) is 4.27. The summed E-state index contributed by atoms with van der Waals surface area (Å²) < 4.78 is 0.919. The molecule has 0 aliphatic heterocycles. The first kappa shape index (κ1) is 14.8. The zero-order valence-electron chi connectivity index (χ0n) is 11.7. The number of hydrogen-bond acceptors (Lipinski definition) is 4. The average Bonchev–Trinajstić information content (AvgIpc) is 2.88. The smallest absolute Gasteiger partial charge is 0.251 e.